The lowest BCUT2D eigenvalue weighted by molar-refractivity contribution is -0.117. The van der Waals surface area contributed by atoms with E-state index in [-0.39, 0.29) is 5.91 Å². The maximum absolute atomic E-state index is 10.8. The van der Waals surface area contributed by atoms with Crippen LogP contribution in [0.2, 0.25) is 0 Å². The van der Waals surface area contributed by atoms with E-state index in [1.807, 2.05) is 0 Å². The normalized spacial score (nSPS) is 16.5. The number of hydrogen-bond donors (Lipinski definition) is 1. The van der Waals surface area contributed by atoms with Crippen LogP contribution in [-0.4, -0.2) is 18.3 Å². The first-order valence-electron chi connectivity index (χ1n) is 5.80. The van der Waals surface area contributed by atoms with Crippen LogP contribution < -0.4 is 5.32 Å². The van der Waals surface area contributed by atoms with E-state index in [4.69, 9.17) is 0 Å². The van der Waals surface area contributed by atoms with E-state index in [1.165, 1.54) is 19.3 Å². The van der Waals surface area contributed by atoms with Crippen LogP contribution >= 0.6 is 0 Å². The van der Waals surface area contributed by atoms with E-state index in [2.05, 4.69) is 31.1 Å². The summed E-state index contributed by atoms with van der Waals surface area (Å²) >= 11 is 0. The minimum Gasteiger partial charge on any atom is -0.313 e. The van der Waals surface area contributed by atoms with Crippen LogP contribution in [0.1, 0.15) is 52.9 Å². The number of unbranched alkanes of at least 4 members (excludes halogenated alkanes) is 2. The third-order valence-electron chi connectivity index (χ3n) is 2.54. The lowest BCUT2D eigenvalue weighted by atomic mass is 9.89. The number of amidine groups is 1. The first-order chi connectivity index (χ1) is 6.97. The minimum atomic E-state index is 0.0414. The van der Waals surface area contributed by atoms with Crippen LogP contribution in [0.25, 0.3) is 0 Å². The van der Waals surface area contributed by atoms with E-state index >= 15 is 0 Å². The second-order valence-electron chi connectivity index (χ2n) is 5.43. The highest BCUT2D eigenvalue weighted by molar-refractivity contribution is 6.03. The molecule has 0 fully saturated rings. The third kappa shape index (κ3) is 5.55. The molecule has 3 heteroatoms. The summed E-state index contributed by atoms with van der Waals surface area (Å²) in [5, 5.41) is 2.77. The largest absolute Gasteiger partial charge is 0.313 e. The molecular formula is C12H22N2O. The SMILES string of the molecule is CC(C)(C)CCCCCC1=NCC(=O)N1. The number of nitrogens with one attached hydrogen (secondary N) is 1. The molecule has 0 saturated heterocycles. The van der Waals surface area contributed by atoms with Gasteiger partial charge in [-0.2, -0.15) is 0 Å². The molecule has 1 aliphatic heterocycles. The fourth-order valence-electron chi connectivity index (χ4n) is 1.67. The Kier molecular flexibility index (Phi) is 4.30. The molecule has 1 N–H and O–H groups in total. The summed E-state index contributed by atoms with van der Waals surface area (Å²) in [6.07, 6.45) is 5.83. The molecule has 0 atom stereocenters. The van der Waals surface area contributed by atoms with Gasteiger partial charge in [-0.1, -0.05) is 33.6 Å². The third-order valence-corrected chi connectivity index (χ3v) is 2.54. The number of carbonyl (C=O) groups excluding carboxylic acids is 1. The van der Waals surface area contributed by atoms with Gasteiger partial charge in [-0.05, 0) is 18.3 Å². The van der Waals surface area contributed by atoms with Crippen molar-refractivity contribution in [1.82, 2.24) is 5.32 Å². The molecule has 1 rings (SSSR count). The number of hydrogen-bond acceptors (Lipinski definition) is 2. The zero-order chi connectivity index (χ0) is 11.3. The average Bonchev–Trinajstić information content (AvgIpc) is 2.49. The van der Waals surface area contributed by atoms with Crippen LogP contribution in [0.4, 0.5) is 0 Å². The van der Waals surface area contributed by atoms with Crippen LogP contribution in [0.15, 0.2) is 4.99 Å². The highest BCUT2D eigenvalue weighted by atomic mass is 16.2. The van der Waals surface area contributed by atoms with Gasteiger partial charge < -0.3 is 5.32 Å². The van der Waals surface area contributed by atoms with Gasteiger partial charge in [0.2, 0.25) is 5.91 Å². The number of aliphatic imine (C=N–C) groups is 1. The van der Waals surface area contributed by atoms with E-state index in [0.29, 0.717) is 12.0 Å². The Morgan fingerprint density at radius 1 is 1.27 bits per heavy atom. The van der Waals surface area contributed by atoms with Crippen LogP contribution in [-0.2, 0) is 4.79 Å². The molecule has 0 saturated carbocycles. The molecule has 0 aromatic carbocycles. The molecule has 0 spiro atoms. The Labute approximate surface area is 92.4 Å². The van der Waals surface area contributed by atoms with E-state index in [0.717, 1.165) is 18.7 Å². The van der Waals surface area contributed by atoms with E-state index < -0.39 is 0 Å². The first-order valence-corrected chi connectivity index (χ1v) is 5.80. The van der Waals surface area contributed by atoms with Gasteiger partial charge >= 0.3 is 0 Å². The fourth-order valence-corrected chi connectivity index (χ4v) is 1.67. The molecule has 1 aliphatic rings. The van der Waals surface area contributed by atoms with Crippen molar-refractivity contribution in [3.8, 4) is 0 Å². The summed E-state index contributed by atoms with van der Waals surface area (Å²) in [6.45, 7) is 7.15. The predicted octanol–water partition coefficient (Wildman–Crippen LogP) is 2.51. The van der Waals surface area contributed by atoms with Crippen LogP contribution in [0, 0.1) is 5.41 Å². The smallest absolute Gasteiger partial charge is 0.246 e. The number of rotatable bonds is 5. The lowest BCUT2D eigenvalue weighted by Gasteiger charge is -2.17. The number of carbonyl (C=O) groups is 1. The summed E-state index contributed by atoms with van der Waals surface area (Å²) in [5.74, 6) is 0.926. The average molecular weight is 210 g/mol. The Hall–Kier alpha value is -0.860. The summed E-state index contributed by atoms with van der Waals surface area (Å²) in [4.78, 5) is 15.0. The summed E-state index contributed by atoms with van der Waals surface area (Å²) < 4.78 is 0. The topological polar surface area (TPSA) is 41.5 Å². The van der Waals surface area contributed by atoms with Gasteiger partial charge in [-0.15, -0.1) is 0 Å². The van der Waals surface area contributed by atoms with Gasteiger partial charge in [0.15, 0.2) is 0 Å². The molecule has 3 nitrogen and oxygen atoms in total. The van der Waals surface area contributed by atoms with Gasteiger partial charge in [0.1, 0.15) is 12.4 Å². The van der Waals surface area contributed by atoms with Crippen molar-refractivity contribution in [2.45, 2.75) is 52.9 Å². The molecule has 86 valence electrons. The van der Waals surface area contributed by atoms with Crippen LogP contribution in [0.3, 0.4) is 0 Å². The van der Waals surface area contributed by atoms with E-state index in [1.54, 1.807) is 0 Å². The molecule has 0 aliphatic carbocycles. The van der Waals surface area contributed by atoms with Crippen molar-refractivity contribution in [2.24, 2.45) is 10.4 Å². The van der Waals surface area contributed by atoms with Crippen molar-refractivity contribution in [3.63, 3.8) is 0 Å². The highest BCUT2D eigenvalue weighted by Gasteiger charge is 2.12. The van der Waals surface area contributed by atoms with Crippen molar-refractivity contribution in [1.29, 1.82) is 0 Å². The number of nitrogens with zero attached hydrogens (tertiary/aromatic N) is 1. The molecule has 0 unspecified atom stereocenters. The molecule has 1 heterocycles. The predicted molar refractivity (Wildman–Crippen MR) is 63.0 cm³/mol. The fraction of sp³-hybridized carbons (Fsp3) is 0.833. The molecule has 0 aromatic heterocycles. The maximum atomic E-state index is 10.8. The Morgan fingerprint density at radius 3 is 2.53 bits per heavy atom. The molecule has 0 radical (unpaired) electrons. The Bertz CT molecular complexity index is 251. The van der Waals surface area contributed by atoms with Crippen molar-refractivity contribution in [2.75, 3.05) is 6.54 Å². The molecule has 0 aromatic rings. The Morgan fingerprint density at radius 2 is 2.00 bits per heavy atom. The van der Waals surface area contributed by atoms with Crippen molar-refractivity contribution < 1.29 is 4.79 Å². The van der Waals surface area contributed by atoms with Crippen LogP contribution in [0.5, 0.6) is 0 Å². The zero-order valence-corrected chi connectivity index (χ0v) is 10.1. The second-order valence-corrected chi connectivity index (χ2v) is 5.43. The van der Waals surface area contributed by atoms with Gasteiger partial charge in [0.05, 0.1) is 0 Å². The quantitative estimate of drug-likeness (QED) is 0.696. The molecule has 15 heavy (non-hydrogen) atoms. The van der Waals surface area contributed by atoms with Crippen molar-refractivity contribution >= 4 is 11.7 Å². The summed E-state index contributed by atoms with van der Waals surface area (Å²) in [7, 11) is 0. The van der Waals surface area contributed by atoms with Crippen molar-refractivity contribution in [3.05, 3.63) is 0 Å². The van der Waals surface area contributed by atoms with Gasteiger partial charge in [-0.25, -0.2) is 0 Å². The molecule has 0 bridgehead atoms. The standard InChI is InChI=1S/C12H22N2O/c1-12(2,3)8-6-4-5-7-10-13-9-11(15)14-10/h4-9H2,1-3H3,(H,13,14,15). The Balaban J connectivity index is 2.00. The summed E-state index contributed by atoms with van der Waals surface area (Å²) in [6, 6.07) is 0. The van der Waals surface area contributed by atoms with E-state index in [9.17, 15) is 4.79 Å². The molecular weight excluding hydrogens is 188 g/mol. The monoisotopic (exact) mass is 210 g/mol. The van der Waals surface area contributed by atoms with Gasteiger partial charge in [-0.3, -0.25) is 9.79 Å². The minimum absolute atomic E-state index is 0.0414. The summed E-state index contributed by atoms with van der Waals surface area (Å²) in [5.41, 5.74) is 0.444. The first kappa shape index (κ1) is 12.2. The van der Waals surface area contributed by atoms with Gasteiger partial charge in [0, 0.05) is 6.42 Å². The lowest BCUT2D eigenvalue weighted by Crippen LogP contribution is -2.24. The second kappa shape index (κ2) is 5.29. The number of amides is 1. The van der Waals surface area contributed by atoms with Gasteiger partial charge in [0.25, 0.3) is 0 Å². The molecule has 1 amide bonds. The highest BCUT2D eigenvalue weighted by Crippen LogP contribution is 2.22. The maximum Gasteiger partial charge on any atom is 0.246 e. The zero-order valence-electron chi connectivity index (χ0n) is 10.1.